The number of carbonyl (C=O) groups excluding carboxylic acids is 1. The smallest absolute Gasteiger partial charge is 0.238 e. The van der Waals surface area contributed by atoms with Crippen LogP contribution in [0.15, 0.2) is 12.3 Å². The molecule has 13 heavy (non-hydrogen) atoms. The summed E-state index contributed by atoms with van der Waals surface area (Å²) < 4.78 is 0. The lowest BCUT2D eigenvalue weighted by Crippen LogP contribution is -2.12. The van der Waals surface area contributed by atoms with Gasteiger partial charge in [-0.3, -0.25) is 10.1 Å². The fourth-order valence-corrected chi connectivity index (χ4v) is 0.795. The third-order valence-corrected chi connectivity index (χ3v) is 1.35. The van der Waals surface area contributed by atoms with E-state index in [9.17, 15) is 4.79 Å². The van der Waals surface area contributed by atoms with Crippen LogP contribution in [0.4, 0.5) is 5.95 Å². The van der Waals surface area contributed by atoms with Crippen molar-refractivity contribution in [3.05, 3.63) is 17.4 Å². The van der Waals surface area contributed by atoms with Gasteiger partial charge >= 0.3 is 0 Å². The van der Waals surface area contributed by atoms with Gasteiger partial charge < -0.3 is 0 Å². The first-order valence-corrected chi connectivity index (χ1v) is 3.82. The monoisotopic (exact) mass is 195 g/mol. The first-order valence-electron chi connectivity index (χ1n) is 3.44. The number of rotatable bonds is 2. The number of hydrogen-bond donors (Lipinski definition) is 1. The zero-order valence-corrected chi connectivity index (χ0v) is 7.38. The summed E-state index contributed by atoms with van der Waals surface area (Å²) in [5.41, 5.74) is 0. The van der Waals surface area contributed by atoms with E-state index in [1.807, 2.05) is 0 Å². The molecule has 4 nitrogen and oxygen atoms in total. The highest BCUT2D eigenvalue weighted by Crippen LogP contribution is 2.05. The van der Waals surface area contributed by atoms with Crippen LogP contribution in [0.25, 0.3) is 0 Å². The number of hydrogen-bond acceptors (Lipinski definition) is 3. The maximum Gasteiger partial charge on any atom is 0.238 e. The van der Waals surface area contributed by atoms with Crippen molar-refractivity contribution in [2.45, 2.75) is 6.42 Å². The molecule has 0 aromatic carbocycles. The SMILES string of the molecule is C#CCC(=O)Nc1nccc(Cl)n1. The fraction of sp³-hybridized carbons (Fsp3) is 0.125. The quantitative estimate of drug-likeness (QED) is 0.568. The van der Waals surface area contributed by atoms with Crippen LogP contribution in [-0.4, -0.2) is 15.9 Å². The molecule has 0 bridgehead atoms. The van der Waals surface area contributed by atoms with Gasteiger partial charge in [0.15, 0.2) is 0 Å². The maximum atomic E-state index is 10.9. The molecule has 0 fully saturated rings. The van der Waals surface area contributed by atoms with Gasteiger partial charge in [0.2, 0.25) is 11.9 Å². The van der Waals surface area contributed by atoms with Gasteiger partial charge in [-0.05, 0) is 6.07 Å². The summed E-state index contributed by atoms with van der Waals surface area (Å²) in [6, 6.07) is 1.51. The topological polar surface area (TPSA) is 54.9 Å². The molecule has 1 heterocycles. The fourth-order valence-electron chi connectivity index (χ4n) is 0.658. The molecule has 0 aliphatic heterocycles. The van der Waals surface area contributed by atoms with E-state index in [2.05, 4.69) is 21.2 Å². The van der Waals surface area contributed by atoms with Crippen molar-refractivity contribution in [1.29, 1.82) is 0 Å². The predicted octanol–water partition coefficient (Wildman–Crippen LogP) is 1.09. The average molecular weight is 196 g/mol. The van der Waals surface area contributed by atoms with Crippen LogP contribution in [0.3, 0.4) is 0 Å². The highest BCUT2D eigenvalue weighted by molar-refractivity contribution is 6.29. The maximum absolute atomic E-state index is 10.9. The summed E-state index contributed by atoms with van der Waals surface area (Å²) >= 11 is 5.56. The van der Waals surface area contributed by atoms with Gasteiger partial charge in [0.05, 0.1) is 6.42 Å². The molecule has 1 aromatic heterocycles. The van der Waals surface area contributed by atoms with E-state index in [0.29, 0.717) is 0 Å². The van der Waals surface area contributed by atoms with Crippen LogP contribution >= 0.6 is 11.6 Å². The third-order valence-electron chi connectivity index (χ3n) is 1.14. The van der Waals surface area contributed by atoms with Crippen molar-refractivity contribution < 1.29 is 4.79 Å². The zero-order chi connectivity index (χ0) is 9.68. The first-order chi connectivity index (χ1) is 6.22. The molecule has 1 aromatic rings. The molecule has 0 radical (unpaired) electrons. The Morgan fingerprint density at radius 2 is 2.54 bits per heavy atom. The molecule has 0 unspecified atom stereocenters. The Kier molecular flexibility index (Phi) is 3.23. The first kappa shape index (κ1) is 9.49. The number of nitrogens with one attached hydrogen (secondary N) is 1. The van der Waals surface area contributed by atoms with Crippen molar-refractivity contribution in [3.63, 3.8) is 0 Å². The average Bonchev–Trinajstić information content (AvgIpc) is 2.04. The number of nitrogens with zero attached hydrogens (tertiary/aromatic N) is 2. The lowest BCUT2D eigenvalue weighted by Gasteiger charge is -1.99. The Bertz CT molecular complexity index is 359. The normalized spacial score (nSPS) is 8.92. The summed E-state index contributed by atoms with van der Waals surface area (Å²) in [5.74, 6) is 2.03. The van der Waals surface area contributed by atoms with Crippen molar-refractivity contribution in [3.8, 4) is 12.3 Å². The molecule has 0 saturated heterocycles. The van der Waals surface area contributed by atoms with Crippen LogP contribution < -0.4 is 5.32 Å². The van der Waals surface area contributed by atoms with Gasteiger partial charge in [-0.15, -0.1) is 6.42 Å². The molecular formula is C8H6ClN3O. The third kappa shape index (κ3) is 3.09. The van der Waals surface area contributed by atoms with Gasteiger partial charge in [-0.2, -0.15) is 0 Å². The minimum Gasteiger partial charge on any atom is -0.294 e. The molecule has 1 N–H and O–H groups in total. The molecule has 1 rings (SSSR count). The number of aromatic nitrogens is 2. The summed E-state index contributed by atoms with van der Waals surface area (Å²) in [6.07, 6.45) is 6.38. The van der Waals surface area contributed by atoms with E-state index in [0.717, 1.165) is 0 Å². The molecule has 0 aliphatic carbocycles. The highest BCUT2D eigenvalue weighted by Gasteiger charge is 2.01. The standard InChI is InChI=1S/C8H6ClN3O/c1-2-3-7(13)12-8-10-5-4-6(9)11-8/h1,4-5H,3H2,(H,10,11,12,13). The van der Waals surface area contributed by atoms with Crippen molar-refractivity contribution in [2.24, 2.45) is 0 Å². The second kappa shape index (κ2) is 4.43. The van der Waals surface area contributed by atoms with E-state index in [4.69, 9.17) is 18.0 Å². The van der Waals surface area contributed by atoms with Crippen LogP contribution in [0.1, 0.15) is 6.42 Å². The van der Waals surface area contributed by atoms with Gasteiger partial charge in [0, 0.05) is 6.20 Å². The lowest BCUT2D eigenvalue weighted by molar-refractivity contribution is -0.115. The number of anilines is 1. The number of carbonyl (C=O) groups is 1. The summed E-state index contributed by atoms with van der Waals surface area (Å²) in [5, 5.41) is 2.67. The predicted molar refractivity (Wildman–Crippen MR) is 49.1 cm³/mol. The van der Waals surface area contributed by atoms with E-state index in [-0.39, 0.29) is 23.4 Å². The molecule has 0 spiro atoms. The summed E-state index contributed by atoms with van der Waals surface area (Å²) in [6.45, 7) is 0. The second-order valence-electron chi connectivity index (χ2n) is 2.13. The van der Waals surface area contributed by atoms with Gasteiger partial charge in [0.1, 0.15) is 5.15 Å². The Hall–Kier alpha value is -1.60. The van der Waals surface area contributed by atoms with Crippen LogP contribution in [0, 0.1) is 12.3 Å². The minimum absolute atomic E-state index is 0.00409. The Morgan fingerprint density at radius 1 is 1.77 bits per heavy atom. The largest absolute Gasteiger partial charge is 0.294 e. The van der Waals surface area contributed by atoms with Gasteiger partial charge in [0.25, 0.3) is 0 Å². The number of halogens is 1. The molecule has 0 saturated carbocycles. The van der Waals surface area contributed by atoms with Crippen molar-refractivity contribution in [2.75, 3.05) is 5.32 Å². The van der Waals surface area contributed by atoms with Crippen molar-refractivity contribution >= 4 is 23.5 Å². The number of amides is 1. The Balaban J connectivity index is 2.65. The van der Waals surface area contributed by atoms with E-state index >= 15 is 0 Å². The summed E-state index contributed by atoms with van der Waals surface area (Å²) in [4.78, 5) is 18.5. The van der Waals surface area contributed by atoms with Crippen molar-refractivity contribution in [1.82, 2.24) is 9.97 Å². The van der Waals surface area contributed by atoms with Gasteiger partial charge in [-0.25, -0.2) is 9.97 Å². The van der Waals surface area contributed by atoms with E-state index in [1.54, 1.807) is 0 Å². The van der Waals surface area contributed by atoms with Crippen LogP contribution in [0.5, 0.6) is 0 Å². The van der Waals surface area contributed by atoms with Crippen LogP contribution in [-0.2, 0) is 4.79 Å². The highest BCUT2D eigenvalue weighted by atomic mass is 35.5. The lowest BCUT2D eigenvalue weighted by atomic mass is 10.4. The van der Waals surface area contributed by atoms with Gasteiger partial charge in [-0.1, -0.05) is 17.5 Å². The molecule has 66 valence electrons. The van der Waals surface area contributed by atoms with Crippen LogP contribution in [0.2, 0.25) is 5.15 Å². The second-order valence-corrected chi connectivity index (χ2v) is 2.52. The molecule has 0 aliphatic rings. The number of terminal acetylenes is 1. The van der Waals surface area contributed by atoms with E-state index < -0.39 is 0 Å². The molecule has 5 heteroatoms. The summed E-state index contributed by atoms with van der Waals surface area (Å²) in [7, 11) is 0. The zero-order valence-electron chi connectivity index (χ0n) is 6.62. The molecule has 0 atom stereocenters. The Labute approximate surface area is 80.3 Å². The van der Waals surface area contributed by atoms with E-state index in [1.165, 1.54) is 12.3 Å². The molecular weight excluding hydrogens is 190 g/mol. The minimum atomic E-state index is -0.329. The Morgan fingerprint density at radius 3 is 3.15 bits per heavy atom. The molecule has 1 amide bonds.